The number of anilines is 1. The molecular weight excluding hydrogens is 597 g/mol. The number of aliphatic imine (C=N–C) groups is 1. The number of aryl methyl sites for hydroxylation is 3. The standard InChI is InChI=1S/C30H27F3N6O2S2/c1-18-13-19(2)26(20(3)14-18)39-25(40)16-43-29(39)36-28(42)34-12-11-21-5-4-6-22(15-21)27-35-17-38(37-27)23-7-9-24(10-8-23)41-30(31,32)33/h4-10,13-15,17H,11-12,16H2,1-3H3,(H,34,42)/b36-29-. The normalized spacial score (nSPS) is 14.4. The molecule has 1 aliphatic heterocycles. The SMILES string of the molecule is Cc1cc(C)c(N2C(=O)CS/C2=N\C(=S)NCCc2cccc(-c3ncn(-c4ccc(OC(F)(F)F)cc4)n3)c2)c(C)c1. The molecule has 43 heavy (non-hydrogen) atoms. The molecule has 0 spiro atoms. The molecule has 1 amide bonds. The van der Waals surface area contributed by atoms with Crippen LogP contribution in [0.2, 0.25) is 0 Å². The maximum absolute atomic E-state index is 12.8. The van der Waals surface area contributed by atoms with Crippen LogP contribution in [-0.2, 0) is 11.2 Å². The molecule has 0 aliphatic carbocycles. The Morgan fingerprint density at radius 3 is 2.51 bits per heavy atom. The number of ether oxygens (including phenoxy) is 1. The molecular formula is C30H27F3N6O2S2. The second kappa shape index (κ2) is 12.6. The van der Waals surface area contributed by atoms with E-state index in [0.717, 1.165) is 33.5 Å². The smallest absolute Gasteiger partial charge is 0.406 e. The minimum absolute atomic E-state index is 0.0260. The highest BCUT2D eigenvalue weighted by Gasteiger charge is 2.32. The summed E-state index contributed by atoms with van der Waals surface area (Å²) in [5, 5.41) is 8.49. The Morgan fingerprint density at radius 1 is 1.09 bits per heavy atom. The van der Waals surface area contributed by atoms with Gasteiger partial charge in [0.2, 0.25) is 5.91 Å². The van der Waals surface area contributed by atoms with Gasteiger partial charge in [-0.3, -0.25) is 9.69 Å². The maximum Gasteiger partial charge on any atom is 0.573 e. The molecule has 0 saturated carbocycles. The number of carbonyl (C=O) groups excluding carboxylic acids is 1. The Labute approximate surface area is 256 Å². The van der Waals surface area contributed by atoms with Gasteiger partial charge in [0.1, 0.15) is 12.1 Å². The van der Waals surface area contributed by atoms with Crippen LogP contribution >= 0.6 is 24.0 Å². The highest BCUT2D eigenvalue weighted by Crippen LogP contribution is 2.33. The number of carbonyl (C=O) groups is 1. The van der Waals surface area contributed by atoms with E-state index in [9.17, 15) is 18.0 Å². The van der Waals surface area contributed by atoms with E-state index in [-0.39, 0.29) is 11.7 Å². The quantitative estimate of drug-likeness (QED) is 0.241. The average molecular weight is 625 g/mol. The molecule has 3 aromatic carbocycles. The first-order valence-corrected chi connectivity index (χ1v) is 14.6. The van der Waals surface area contributed by atoms with Gasteiger partial charge in [-0.05, 0) is 86.4 Å². The summed E-state index contributed by atoms with van der Waals surface area (Å²) in [5.74, 6) is 0.440. The summed E-state index contributed by atoms with van der Waals surface area (Å²) < 4.78 is 42.7. The van der Waals surface area contributed by atoms with Crippen molar-refractivity contribution in [3.63, 3.8) is 0 Å². The molecule has 0 atom stereocenters. The van der Waals surface area contributed by atoms with E-state index in [1.165, 1.54) is 47.0 Å². The number of halogens is 3. The summed E-state index contributed by atoms with van der Waals surface area (Å²) in [7, 11) is 0. The number of nitrogens with zero attached hydrogens (tertiary/aromatic N) is 5. The first-order chi connectivity index (χ1) is 20.5. The third kappa shape index (κ3) is 7.41. The van der Waals surface area contributed by atoms with Crippen molar-refractivity contribution in [2.75, 3.05) is 17.2 Å². The number of rotatable bonds is 7. The minimum atomic E-state index is -4.75. The molecule has 1 aromatic heterocycles. The Balaban J connectivity index is 1.21. The van der Waals surface area contributed by atoms with Crippen molar-refractivity contribution in [1.29, 1.82) is 0 Å². The summed E-state index contributed by atoms with van der Waals surface area (Å²) in [6.07, 6.45) is -2.61. The van der Waals surface area contributed by atoms with Crippen molar-refractivity contribution in [3.05, 3.63) is 89.2 Å². The van der Waals surface area contributed by atoms with E-state index in [1.54, 1.807) is 4.90 Å². The summed E-state index contributed by atoms with van der Waals surface area (Å²) in [4.78, 5) is 23.3. The number of hydrogen-bond acceptors (Lipinski definition) is 6. The van der Waals surface area contributed by atoms with Crippen LogP contribution in [0.4, 0.5) is 18.9 Å². The fourth-order valence-electron chi connectivity index (χ4n) is 4.82. The van der Waals surface area contributed by atoms with Crippen molar-refractivity contribution in [3.8, 4) is 22.8 Å². The molecule has 222 valence electrons. The number of thiocarbonyl (C=S) groups is 1. The van der Waals surface area contributed by atoms with Gasteiger partial charge in [0.15, 0.2) is 16.1 Å². The predicted molar refractivity (Wildman–Crippen MR) is 166 cm³/mol. The van der Waals surface area contributed by atoms with Crippen LogP contribution in [-0.4, -0.2) is 49.6 Å². The van der Waals surface area contributed by atoms with Crippen LogP contribution in [0, 0.1) is 20.8 Å². The third-order valence-electron chi connectivity index (χ3n) is 6.52. The van der Waals surface area contributed by atoms with E-state index < -0.39 is 6.36 Å². The third-order valence-corrected chi connectivity index (χ3v) is 7.68. The first-order valence-electron chi connectivity index (χ1n) is 13.2. The molecule has 1 saturated heterocycles. The lowest BCUT2D eigenvalue weighted by Gasteiger charge is -2.21. The number of nitrogens with one attached hydrogen (secondary N) is 1. The molecule has 1 N–H and O–H groups in total. The second-order valence-corrected chi connectivity index (χ2v) is 11.2. The van der Waals surface area contributed by atoms with Gasteiger partial charge in [-0.25, -0.2) is 9.67 Å². The van der Waals surface area contributed by atoms with E-state index in [1.807, 2.05) is 45.0 Å². The van der Waals surface area contributed by atoms with Crippen LogP contribution in [0.1, 0.15) is 22.3 Å². The molecule has 8 nitrogen and oxygen atoms in total. The Morgan fingerprint density at radius 2 is 1.81 bits per heavy atom. The monoisotopic (exact) mass is 624 g/mol. The van der Waals surface area contributed by atoms with Gasteiger partial charge in [-0.15, -0.1) is 18.3 Å². The van der Waals surface area contributed by atoms with Crippen LogP contribution < -0.4 is 15.0 Å². The predicted octanol–water partition coefficient (Wildman–Crippen LogP) is 6.31. The Bertz CT molecular complexity index is 1680. The molecule has 5 rings (SSSR count). The van der Waals surface area contributed by atoms with Gasteiger partial charge in [-0.2, -0.15) is 4.99 Å². The molecule has 4 aromatic rings. The van der Waals surface area contributed by atoms with Gasteiger partial charge in [0, 0.05) is 12.1 Å². The molecule has 0 radical (unpaired) electrons. The van der Waals surface area contributed by atoms with Gasteiger partial charge in [-0.1, -0.05) is 47.7 Å². The summed E-state index contributed by atoms with van der Waals surface area (Å²) in [6.45, 7) is 6.53. The number of aromatic nitrogens is 3. The average Bonchev–Trinajstić information content (AvgIpc) is 3.56. The fourth-order valence-corrected chi connectivity index (χ4v) is 5.92. The lowest BCUT2D eigenvalue weighted by atomic mass is 10.0. The minimum Gasteiger partial charge on any atom is -0.406 e. The van der Waals surface area contributed by atoms with Gasteiger partial charge < -0.3 is 10.1 Å². The number of benzene rings is 3. The fraction of sp³-hybridized carbons (Fsp3) is 0.233. The number of hydrogen-bond donors (Lipinski definition) is 1. The van der Waals surface area contributed by atoms with Crippen molar-refractivity contribution < 1.29 is 22.7 Å². The number of amidine groups is 1. The zero-order chi connectivity index (χ0) is 30.7. The largest absolute Gasteiger partial charge is 0.573 e. The highest BCUT2D eigenvalue weighted by molar-refractivity contribution is 8.15. The first kappa shape index (κ1) is 30.2. The highest BCUT2D eigenvalue weighted by atomic mass is 32.2. The number of alkyl halides is 3. The maximum atomic E-state index is 12.8. The van der Waals surface area contributed by atoms with Crippen molar-refractivity contribution >= 4 is 45.9 Å². The molecule has 0 bridgehead atoms. The van der Waals surface area contributed by atoms with Crippen molar-refractivity contribution in [2.45, 2.75) is 33.6 Å². The zero-order valence-corrected chi connectivity index (χ0v) is 25.1. The molecule has 2 heterocycles. The van der Waals surface area contributed by atoms with Crippen molar-refractivity contribution in [2.24, 2.45) is 4.99 Å². The van der Waals surface area contributed by atoms with Gasteiger partial charge in [0.05, 0.1) is 17.1 Å². The van der Waals surface area contributed by atoms with Crippen LogP contribution in [0.25, 0.3) is 17.1 Å². The van der Waals surface area contributed by atoms with E-state index in [0.29, 0.717) is 40.5 Å². The van der Waals surface area contributed by atoms with Gasteiger partial charge >= 0.3 is 6.36 Å². The second-order valence-electron chi connectivity index (χ2n) is 9.90. The molecule has 13 heteroatoms. The summed E-state index contributed by atoms with van der Waals surface area (Å²) >= 11 is 6.85. The number of amides is 1. The van der Waals surface area contributed by atoms with E-state index in [2.05, 4.69) is 37.3 Å². The molecule has 1 fully saturated rings. The summed E-state index contributed by atoms with van der Waals surface area (Å²) in [6, 6.07) is 17.2. The summed E-state index contributed by atoms with van der Waals surface area (Å²) in [5.41, 5.74) is 6.34. The zero-order valence-electron chi connectivity index (χ0n) is 23.5. The van der Waals surface area contributed by atoms with Crippen molar-refractivity contribution in [1.82, 2.24) is 20.1 Å². The number of thioether (sulfide) groups is 1. The topological polar surface area (TPSA) is 84.6 Å². The Kier molecular flexibility index (Phi) is 8.83. The van der Waals surface area contributed by atoms with Crippen LogP contribution in [0.3, 0.4) is 0 Å². The lowest BCUT2D eigenvalue weighted by molar-refractivity contribution is -0.274. The van der Waals surface area contributed by atoms with Gasteiger partial charge in [0.25, 0.3) is 0 Å². The van der Waals surface area contributed by atoms with Crippen LogP contribution in [0.5, 0.6) is 5.75 Å². The van der Waals surface area contributed by atoms with E-state index in [4.69, 9.17) is 12.2 Å². The molecule has 1 aliphatic rings. The Hall–Kier alpha value is -4.23. The molecule has 0 unspecified atom stereocenters. The lowest BCUT2D eigenvalue weighted by Crippen LogP contribution is -2.32. The van der Waals surface area contributed by atoms with Crippen LogP contribution in [0.15, 0.2) is 72.0 Å². The van der Waals surface area contributed by atoms with E-state index >= 15 is 0 Å².